The lowest BCUT2D eigenvalue weighted by Gasteiger charge is -2.31. The third kappa shape index (κ3) is 5.69. The van der Waals surface area contributed by atoms with Crippen molar-refractivity contribution in [3.05, 3.63) is 40.9 Å². The predicted octanol–water partition coefficient (Wildman–Crippen LogP) is 3.90. The highest BCUT2D eigenvalue weighted by Crippen LogP contribution is 2.28. The van der Waals surface area contributed by atoms with Gasteiger partial charge in [0.05, 0.1) is 12.8 Å². The van der Waals surface area contributed by atoms with Crippen LogP contribution >= 0.6 is 11.3 Å². The summed E-state index contributed by atoms with van der Waals surface area (Å²) in [6.45, 7) is 4.96. The molecule has 1 aliphatic heterocycles. The molecule has 7 nitrogen and oxygen atoms in total. The Morgan fingerprint density at radius 3 is 2.75 bits per heavy atom. The number of carbonyl (C=O) groups is 1. The number of carboxylic acid groups (broad SMARTS) is 1. The van der Waals surface area contributed by atoms with Gasteiger partial charge < -0.3 is 19.6 Å². The van der Waals surface area contributed by atoms with Crippen LogP contribution in [0.15, 0.2) is 34.8 Å². The zero-order valence-electron chi connectivity index (χ0n) is 15.9. The molecule has 1 N–H and O–H groups in total. The highest BCUT2D eigenvalue weighted by molar-refractivity contribution is 7.13. The number of ether oxygens (including phenoxy) is 1. The van der Waals surface area contributed by atoms with E-state index in [1.807, 2.05) is 31.2 Å². The van der Waals surface area contributed by atoms with Crippen LogP contribution in [0.25, 0.3) is 0 Å². The van der Waals surface area contributed by atoms with Crippen molar-refractivity contribution in [1.29, 1.82) is 0 Å². The van der Waals surface area contributed by atoms with Gasteiger partial charge in [-0.25, -0.2) is 9.78 Å². The first-order valence-electron chi connectivity index (χ1n) is 9.47. The second-order valence-electron chi connectivity index (χ2n) is 6.61. The smallest absolute Gasteiger partial charge is 0.355 e. The van der Waals surface area contributed by atoms with Crippen LogP contribution in [0.2, 0.25) is 0 Å². The first-order valence-corrected chi connectivity index (χ1v) is 10.4. The fraction of sp³-hybridized carbons (Fsp3) is 0.450. The molecule has 2 aromatic rings. The van der Waals surface area contributed by atoms with Gasteiger partial charge in [-0.15, -0.1) is 11.3 Å². The van der Waals surface area contributed by atoms with Gasteiger partial charge in [-0.3, -0.25) is 0 Å². The lowest BCUT2D eigenvalue weighted by Crippen LogP contribution is -2.34. The third-order valence-corrected chi connectivity index (χ3v) is 5.58. The molecule has 0 radical (unpaired) electrons. The average molecular weight is 404 g/mol. The molecule has 1 saturated heterocycles. The number of rotatable bonds is 9. The Morgan fingerprint density at radius 2 is 2.11 bits per heavy atom. The first kappa shape index (κ1) is 20.1. The largest absolute Gasteiger partial charge is 0.494 e. The van der Waals surface area contributed by atoms with E-state index in [1.54, 1.807) is 11.6 Å². The third-order valence-electron chi connectivity index (χ3n) is 4.68. The second-order valence-corrected chi connectivity index (χ2v) is 7.45. The fourth-order valence-electron chi connectivity index (χ4n) is 3.09. The number of aromatic nitrogens is 1. The molecule has 150 valence electrons. The summed E-state index contributed by atoms with van der Waals surface area (Å²) in [5.74, 6) is 0.506. The number of hydrogen-bond donors (Lipinski definition) is 1. The van der Waals surface area contributed by atoms with E-state index in [1.165, 1.54) is 11.3 Å². The van der Waals surface area contributed by atoms with Crippen molar-refractivity contribution < 1.29 is 19.5 Å². The van der Waals surface area contributed by atoms with Gasteiger partial charge >= 0.3 is 5.97 Å². The van der Waals surface area contributed by atoms with Crippen LogP contribution in [-0.2, 0) is 4.84 Å². The van der Waals surface area contributed by atoms with Crippen LogP contribution in [0.4, 0.5) is 5.13 Å². The summed E-state index contributed by atoms with van der Waals surface area (Å²) in [6.07, 6.45) is 4.83. The summed E-state index contributed by atoms with van der Waals surface area (Å²) in [7, 11) is 0. The molecule has 0 spiro atoms. The Morgan fingerprint density at radius 1 is 1.36 bits per heavy atom. The van der Waals surface area contributed by atoms with Gasteiger partial charge in [0.1, 0.15) is 12.4 Å². The van der Waals surface area contributed by atoms with Crippen LogP contribution < -0.4 is 9.64 Å². The molecule has 3 rings (SSSR count). The SMILES string of the molecule is CCO/N=C/c1ccc(OCCC2CCN(c3nc(C(=O)O)cs3)CC2)cc1. The standard InChI is InChI=1S/C20H25N3O4S/c1-2-27-21-13-16-3-5-17(6-4-16)26-12-9-15-7-10-23(11-8-15)20-22-18(14-28-20)19(24)25/h3-6,13-15H,2,7-12H2,1H3,(H,24,25)/b21-13+. The molecule has 0 amide bonds. The van der Waals surface area contributed by atoms with E-state index in [0.29, 0.717) is 19.1 Å². The predicted molar refractivity (Wildman–Crippen MR) is 110 cm³/mol. The van der Waals surface area contributed by atoms with Crippen LogP contribution in [0.1, 0.15) is 42.2 Å². The minimum atomic E-state index is -0.968. The van der Waals surface area contributed by atoms with Gasteiger partial charge in [-0.1, -0.05) is 5.16 Å². The van der Waals surface area contributed by atoms with Crippen molar-refractivity contribution in [3.63, 3.8) is 0 Å². The minimum absolute atomic E-state index is 0.130. The van der Waals surface area contributed by atoms with Crippen molar-refractivity contribution in [3.8, 4) is 5.75 Å². The van der Waals surface area contributed by atoms with Crippen LogP contribution in [0, 0.1) is 5.92 Å². The van der Waals surface area contributed by atoms with Gasteiger partial charge in [-0.2, -0.15) is 0 Å². The lowest BCUT2D eigenvalue weighted by atomic mass is 9.94. The Kier molecular flexibility index (Phi) is 7.25. The molecule has 0 bridgehead atoms. The summed E-state index contributed by atoms with van der Waals surface area (Å²) in [4.78, 5) is 22.3. The molecule has 1 aromatic carbocycles. The number of hydrogen-bond acceptors (Lipinski definition) is 7. The topological polar surface area (TPSA) is 84.3 Å². The maximum Gasteiger partial charge on any atom is 0.355 e. The van der Waals surface area contributed by atoms with E-state index in [-0.39, 0.29) is 5.69 Å². The molecule has 1 aliphatic rings. The lowest BCUT2D eigenvalue weighted by molar-refractivity contribution is 0.0691. The average Bonchev–Trinajstić information content (AvgIpc) is 3.21. The van der Waals surface area contributed by atoms with Gasteiger partial charge in [0.25, 0.3) is 0 Å². The van der Waals surface area contributed by atoms with Crippen molar-refractivity contribution >= 4 is 28.7 Å². The Labute approximate surface area is 168 Å². The number of benzene rings is 1. The van der Waals surface area contributed by atoms with Gasteiger partial charge in [0.15, 0.2) is 10.8 Å². The molecule has 1 aromatic heterocycles. The number of aromatic carboxylic acids is 1. The van der Waals surface area contributed by atoms with Crippen LogP contribution in [0.5, 0.6) is 5.75 Å². The van der Waals surface area contributed by atoms with Crippen LogP contribution in [0.3, 0.4) is 0 Å². The molecule has 0 saturated carbocycles. The summed E-state index contributed by atoms with van der Waals surface area (Å²) in [5.41, 5.74) is 1.10. The van der Waals surface area contributed by atoms with E-state index < -0.39 is 5.97 Å². The molecule has 0 atom stereocenters. The molecular formula is C20H25N3O4S. The van der Waals surface area contributed by atoms with Crippen LogP contribution in [-0.4, -0.2) is 48.6 Å². The molecule has 8 heteroatoms. The number of oxime groups is 1. The Hall–Kier alpha value is -2.61. The number of nitrogens with zero attached hydrogens (tertiary/aromatic N) is 3. The van der Waals surface area contributed by atoms with Crippen molar-refractivity contribution in [2.45, 2.75) is 26.2 Å². The molecule has 28 heavy (non-hydrogen) atoms. The van der Waals surface area contributed by atoms with Gasteiger partial charge in [0, 0.05) is 18.5 Å². The molecule has 1 fully saturated rings. The normalized spacial score (nSPS) is 15.1. The highest BCUT2D eigenvalue weighted by atomic mass is 32.1. The number of thiazole rings is 1. The van der Waals surface area contributed by atoms with E-state index in [0.717, 1.165) is 48.8 Å². The fourth-order valence-corrected chi connectivity index (χ4v) is 3.94. The van der Waals surface area contributed by atoms with Crippen molar-refractivity contribution in [2.75, 3.05) is 31.2 Å². The zero-order valence-corrected chi connectivity index (χ0v) is 16.7. The second kappa shape index (κ2) is 10.1. The molecule has 0 aliphatic carbocycles. The Balaban J connectivity index is 1.37. The minimum Gasteiger partial charge on any atom is -0.494 e. The van der Waals surface area contributed by atoms with Crippen molar-refractivity contribution in [1.82, 2.24) is 4.98 Å². The van der Waals surface area contributed by atoms with Crippen molar-refractivity contribution in [2.24, 2.45) is 11.1 Å². The molecular weight excluding hydrogens is 378 g/mol. The molecule has 2 heterocycles. The maximum atomic E-state index is 11.0. The van der Waals surface area contributed by atoms with E-state index in [2.05, 4.69) is 15.0 Å². The molecule has 0 unspecified atom stereocenters. The highest BCUT2D eigenvalue weighted by Gasteiger charge is 2.22. The summed E-state index contributed by atoms with van der Waals surface area (Å²) >= 11 is 1.40. The van der Waals surface area contributed by atoms with E-state index in [9.17, 15) is 4.79 Å². The summed E-state index contributed by atoms with van der Waals surface area (Å²) in [5, 5.41) is 15.2. The number of piperidine rings is 1. The number of carboxylic acids is 1. The van der Waals surface area contributed by atoms with Gasteiger partial charge in [-0.05, 0) is 61.9 Å². The summed E-state index contributed by atoms with van der Waals surface area (Å²) in [6, 6.07) is 7.79. The summed E-state index contributed by atoms with van der Waals surface area (Å²) < 4.78 is 5.87. The van der Waals surface area contributed by atoms with Gasteiger partial charge in [0.2, 0.25) is 0 Å². The zero-order chi connectivity index (χ0) is 19.8. The first-order chi connectivity index (χ1) is 13.7. The van der Waals surface area contributed by atoms with E-state index >= 15 is 0 Å². The quantitative estimate of drug-likeness (QED) is 0.505. The monoisotopic (exact) mass is 403 g/mol. The number of anilines is 1. The van der Waals surface area contributed by atoms with E-state index in [4.69, 9.17) is 14.7 Å². The maximum absolute atomic E-state index is 11.0. The Bertz CT molecular complexity index is 783.